The number of aromatic nitrogens is 2. The van der Waals surface area contributed by atoms with Gasteiger partial charge in [0.15, 0.2) is 15.6 Å². The van der Waals surface area contributed by atoms with Gasteiger partial charge >= 0.3 is 0 Å². The fourth-order valence-corrected chi connectivity index (χ4v) is 3.35. The van der Waals surface area contributed by atoms with Gasteiger partial charge in [-0.2, -0.15) is 0 Å². The fourth-order valence-electron chi connectivity index (χ4n) is 2.47. The summed E-state index contributed by atoms with van der Waals surface area (Å²) in [5.74, 6) is 0.418. The van der Waals surface area contributed by atoms with Gasteiger partial charge in [-0.05, 0) is 31.2 Å². The van der Waals surface area contributed by atoms with Crippen molar-refractivity contribution in [1.82, 2.24) is 9.97 Å². The standard InChI is InChI=1S/C18H17N3O5S/c1-11-16(27(3,23)24)9-15(26-11)18(22)21-17-8-14(19-10-20-17)12-4-6-13(25-2)7-5-12/h4-10H,1-3H3,(H,19,20,21,22). The molecular weight excluding hydrogens is 370 g/mol. The molecule has 0 saturated carbocycles. The van der Waals surface area contributed by atoms with E-state index in [-0.39, 0.29) is 22.2 Å². The molecule has 8 nitrogen and oxygen atoms in total. The number of anilines is 1. The molecule has 0 radical (unpaired) electrons. The molecule has 0 spiro atoms. The third kappa shape index (κ3) is 4.14. The first kappa shape index (κ1) is 18.6. The molecule has 9 heteroatoms. The van der Waals surface area contributed by atoms with Gasteiger partial charge in [-0.1, -0.05) is 0 Å². The Morgan fingerprint density at radius 2 is 1.85 bits per heavy atom. The summed E-state index contributed by atoms with van der Waals surface area (Å²) >= 11 is 0. The van der Waals surface area contributed by atoms with E-state index in [2.05, 4.69) is 15.3 Å². The quantitative estimate of drug-likeness (QED) is 0.716. The van der Waals surface area contributed by atoms with Crippen LogP contribution in [0.5, 0.6) is 5.75 Å². The first-order chi connectivity index (χ1) is 12.8. The van der Waals surface area contributed by atoms with E-state index in [9.17, 15) is 13.2 Å². The highest BCUT2D eigenvalue weighted by atomic mass is 32.2. The van der Waals surface area contributed by atoms with Gasteiger partial charge in [-0.25, -0.2) is 18.4 Å². The van der Waals surface area contributed by atoms with Crippen LogP contribution in [0.4, 0.5) is 5.82 Å². The first-order valence-electron chi connectivity index (χ1n) is 7.86. The summed E-state index contributed by atoms with van der Waals surface area (Å²) in [6.07, 6.45) is 2.38. The Morgan fingerprint density at radius 3 is 2.44 bits per heavy atom. The summed E-state index contributed by atoms with van der Waals surface area (Å²) in [4.78, 5) is 20.5. The molecule has 0 fully saturated rings. The van der Waals surface area contributed by atoms with Crippen LogP contribution >= 0.6 is 0 Å². The van der Waals surface area contributed by atoms with Crippen LogP contribution in [0.1, 0.15) is 16.3 Å². The SMILES string of the molecule is COc1ccc(-c2cc(NC(=O)c3cc(S(C)(=O)=O)c(C)o3)ncn2)cc1. The van der Waals surface area contributed by atoms with Gasteiger partial charge in [0.05, 0.1) is 12.8 Å². The van der Waals surface area contributed by atoms with Crippen molar-refractivity contribution in [2.24, 2.45) is 0 Å². The number of hydrogen-bond acceptors (Lipinski definition) is 7. The lowest BCUT2D eigenvalue weighted by molar-refractivity contribution is 0.0995. The molecule has 1 amide bonds. The van der Waals surface area contributed by atoms with Crippen molar-refractivity contribution in [2.45, 2.75) is 11.8 Å². The summed E-state index contributed by atoms with van der Waals surface area (Å²) in [6, 6.07) is 10.1. The zero-order chi connectivity index (χ0) is 19.6. The number of carbonyl (C=O) groups is 1. The van der Waals surface area contributed by atoms with Gasteiger partial charge in [0, 0.05) is 24.0 Å². The van der Waals surface area contributed by atoms with Crippen molar-refractivity contribution < 1.29 is 22.4 Å². The third-order valence-electron chi connectivity index (χ3n) is 3.79. The van der Waals surface area contributed by atoms with E-state index in [1.807, 2.05) is 12.1 Å². The van der Waals surface area contributed by atoms with Crippen molar-refractivity contribution >= 4 is 21.6 Å². The number of furan rings is 1. The Bertz CT molecular complexity index is 1090. The molecule has 2 aromatic heterocycles. The molecule has 0 aliphatic carbocycles. The summed E-state index contributed by atoms with van der Waals surface area (Å²) in [5, 5.41) is 2.58. The molecule has 0 saturated heterocycles. The lowest BCUT2D eigenvalue weighted by atomic mass is 10.1. The third-order valence-corrected chi connectivity index (χ3v) is 4.99. The average molecular weight is 387 g/mol. The van der Waals surface area contributed by atoms with Crippen LogP contribution in [0.3, 0.4) is 0 Å². The number of rotatable bonds is 5. The molecule has 1 aromatic carbocycles. The summed E-state index contributed by atoms with van der Waals surface area (Å²) in [5.41, 5.74) is 1.43. The normalized spacial score (nSPS) is 11.2. The fraction of sp³-hybridized carbons (Fsp3) is 0.167. The van der Waals surface area contributed by atoms with Crippen LogP contribution in [0.15, 0.2) is 52.0 Å². The minimum absolute atomic E-state index is 0.0192. The lowest BCUT2D eigenvalue weighted by Gasteiger charge is -2.06. The predicted octanol–water partition coefficient (Wildman–Crippen LogP) is 2.71. The van der Waals surface area contributed by atoms with Gasteiger partial charge in [-0.15, -0.1) is 0 Å². The Labute approximate surface area is 156 Å². The maximum atomic E-state index is 12.4. The van der Waals surface area contributed by atoms with Gasteiger partial charge in [-0.3, -0.25) is 4.79 Å². The number of ether oxygens (including phenoxy) is 1. The van der Waals surface area contributed by atoms with E-state index in [1.54, 1.807) is 25.3 Å². The van der Waals surface area contributed by atoms with E-state index in [0.29, 0.717) is 5.69 Å². The smallest absolute Gasteiger partial charge is 0.292 e. The Kier molecular flexibility index (Phi) is 4.95. The van der Waals surface area contributed by atoms with Gasteiger partial charge < -0.3 is 14.5 Å². The molecule has 0 aliphatic heterocycles. The molecule has 0 bridgehead atoms. The van der Waals surface area contributed by atoms with E-state index in [0.717, 1.165) is 17.6 Å². The van der Waals surface area contributed by atoms with Crippen LogP contribution in [0, 0.1) is 6.92 Å². The van der Waals surface area contributed by atoms with Crippen LogP contribution in [-0.4, -0.2) is 37.7 Å². The largest absolute Gasteiger partial charge is 0.497 e. The van der Waals surface area contributed by atoms with Crippen molar-refractivity contribution in [2.75, 3.05) is 18.7 Å². The Balaban J connectivity index is 1.83. The van der Waals surface area contributed by atoms with Gasteiger partial charge in [0.2, 0.25) is 0 Å². The topological polar surface area (TPSA) is 111 Å². The number of amides is 1. The molecule has 3 rings (SSSR count). The van der Waals surface area contributed by atoms with Gasteiger partial charge in [0.1, 0.15) is 28.6 Å². The molecular formula is C18H17N3O5S. The monoisotopic (exact) mass is 387 g/mol. The van der Waals surface area contributed by atoms with E-state index >= 15 is 0 Å². The zero-order valence-electron chi connectivity index (χ0n) is 14.9. The Hall–Kier alpha value is -3.20. The number of nitrogens with zero attached hydrogens (tertiary/aromatic N) is 2. The predicted molar refractivity (Wildman–Crippen MR) is 98.5 cm³/mol. The molecule has 0 atom stereocenters. The van der Waals surface area contributed by atoms with E-state index in [4.69, 9.17) is 9.15 Å². The number of methoxy groups -OCH3 is 1. The molecule has 2 heterocycles. The molecule has 1 N–H and O–H groups in total. The number of benzene rings is 1. The highest BCUT2D eigenvalue weighted by Crippen LogP contribution is 2.23. The summed E-state index contributed by atoms with van der Waals surface area (Å²) in [6.45, 7) is 1.49. The van der Waals surface area contributed by atoms with E-state index in [1.165, 1.54) is 19.3 Å². The zero-order valence-corrected chi connectivity index (χ0v) is 15.7. The average Bonchev–Trinajstić information content (AvgIpc) is 3.04. The minimum Gasteiger partial charge on any atom is -0.497 e. The summed E-state index contributed by atoms with van der Waals surface area (Å²) < 4.78 is 33.7. The van der Waals surface area contributed by atoms with Crippen LogP contribution in [0.2, 0.25) is 0 Å². The van der Waals surface area contributed by atoms with Crippen LogP contribution in [-0.2, 0) is 9.84 Å². The maximum Gasteiger partial charge on any atom is 0.292 e. The number of hydrogen-bond donors (Lipinski definition) is 1. The molecule has 0 aliphatic rings. The van der Waals surface area contributed by atoms with Crippen molar-refractivity contribution in [3.8, 4) is 17.0 Å². The number of sulfone groups is 1. The Morgan fingerprint density at radius 1 is 1.15 bits per heavy atom. The first-order valence-corrected chi connectivity index (χ1v) is 9.75. The number of nitrogens with one attached hydrogen (secondary N) is 1. The molecule has 3 aromatic rings. The second-order valence-electron chi connectivity index (χ2n) is 5.77. The van der Waals surface area contributed by atoms with Crippen molar-refractivity contribution in [3.63, 3.8) is 0 Å². The number of carbonyl (C=O) groups excluding carboxylic acids is 1. The van der Waals surface area contributed by atoms with Crippen LogP contribution in [0.25, 0.3) is 11.3 Å². The maximum absolute atomic E-state index is 12.4. The highest BCUT2D eigenvalue weighted by molar-refractivity contribution is 7.90. The highest BCUT2D eigenvalue weighted by Gasteiger charge is 2.21. The van der Waals surface area contributed by atoms with Crippen LogP contribution < -0.4 is 10.1 Å². The van der Waals surface area contributed by atoms with E-state index < -0.39 is 15.7 Å². The van der Waals surface area contributed by atoms with Crippen molar-refractivity contribution in [3.05, 3.63) is 54.2 Å². The summed E-state index contributed by atoms with van der Waals surface area (Å²) in [7, 11) is -1.89. The second-order valence-corrected chi connectivity index (χ2v) is 7.76. The molecule has 0 unspecified atom stereocenters. The number of aryl methyl sites for hydroxylation is 1. The van der Waals surface area contributed by atoms with Gasteiger partial charge in [0.25, 0.3) is 5.91 Å². The molecule has 140 valence electrons. The minimum atomic E-state index is -3.48. The van der Waals surface area contributed by atoms with Crippen molar-refractivity contribution in [1.29, 1.82) is 0 Å². The second kappa shape index (κ2) is 7.20. The molecule has 27 heavy (non-hydrogen) atoms. The lowest BCUT2D eigenvalue weighted by Crippen LogP contribution is -2.12.